The van der Waals surface area contributed by atoms with Crippen molar-refractivity contribution >= 4 is 28.8 Å². The van der Waals surface area contributed by atoms with Crippen LogP contribution >= 0.6 is 22.9 Å². The molecule has 0 fully saturated rings. The summed E-state index contributed by atoms with van der Waals surface area (Å²) < 4.78 is 8.03. The van der Waals surface area contributed by atoms with Crippen molar-refractivity contribution < 1.29 is 9.21 Å². The molecule has 3 heterocycles. The first kappa shape index (κ1) is 13.9. The SMILES string of the molecule is Cn1nccc1-c1ccc(CNC(=O)c2ccc(Cl)s2)o1. The number of rotatable bonds is 4. The van der Waals surface area contributed by atoms with Gasteiger partial charge in [-0.15, -0.1) is 11.3 Å². The quantitative estimate of drug-likeness (QED) is 0.802. The molecule has 3 aromatic heterocycles. The van der Waals surface area contributed by atoms with Crippen LogP contribution in [0.4, 0.5) is 0 Å². The Hall–Kier alpha value is -2.05. The van der Waals surface area contributed by atoms with Crippen LogP contribution in [-0.2, 0) is 13.6 Å². The van der Waals surface area contributed by atoms with E-state index >= 15 is 0 Å². The van der Waals surface area contributed by atoms with Crippen molar-refractivity contribution in [2.75, 3.05) is 0 Å². The molecule has 7 heteroatoms. The lowest BCUT2D eigenvalue weighted by molar-refractivity contribution is 0.0952. The zero-order valence-electron chi connectivity index (χ0n) is 11.2. The lowest BCUT2D eigenvalue weighted by Crippen LogP contribution is -2.21. The van der Waals surface area contributed by atoms with Crippen LogP contribution in [0.15, 0.2) is 40.9 Å². The Kier molecular flexibility index (Phi) is 3.81. The fourth-order valence-corrected chi connectivity index (χ4v) is 2.88. The fraction of sp³-hybridized carbons (Fsp3) is 0.143. The molecule has 0 saturated carbocycles. The molecule has 3 rings (SSSR count). The molecule has 0 bridgehead atoms. The van der Waals surface area contributed by atoms with Crippen LogP contribution in [0.3, 0.4) is 0 Å². The molecule has 0 aliphatic carbocycles. The highest BCUT2D eigenvalue weighted by molar-refractivity contribution is 7.17. The van der Waals surface area contributed by atoms with Crippen LogP contribution in [0.2, 0.25) is 4.34 Å². The van der Waals surface area contributed by atoms with E-state index in [0.29, 0.717) is 21.5 Å². The Balaban J connectivity index is 1.65. The molecule has 0 aliphatic rings. The van der Waals surface area contributed by atoms with Crippen LogP contribution in [0.25, 0.3) is 11.5 Å². The maximum Gasteiger partial charge on any atom is 0.261 e. The minimum atomic E-state index is -0.162. The summed E-state index contributed by atoms with van der Waals surface area (Å²) in [5.74, 6) is 1.24. The second-order valence-electron chi connectivity index (χ2n) is 4.39. The number of thiophene rings is 1. The van der Waals surface area contributed by atoms with E-state index < -0.39 is 0 Å². The number of amides is 1. The van der Waals surface area contributed by atoms with Gasteiger partial charge in [-0.3, -0.25) is 9.48 Å². The van der Waals surface area contributed by atoms with Gasteiger partial charge in [-0.1, -0.05) is 11.6 Å². The Morgan fingerprint density at radius 1 is 1.38 bits per heavy atom. The minimum absolute atomic E-state index is 0.162. The molecule has 0 aliphatic heterocycles. The topological polar surface area (TPSA) is 60.1 Å². The fourth-order valence-electron chi connectivity index (χ4n) is 1.92. The number of halogens is 1. The predicted molar refractivity (Wildman–Crippen MR) is 81.4 cm³/mol. The summed E-state index contributed by atoms with van der Waals surface area (Å²) in [4.78, 5) is 12.5. The Morgan fingerprint density at radius 2 is 2.24 bits per heavy atom. The molecule has 3 aromatic rings. The number of hydrogen-bond donors (Lipinski definition) is 1. The molecule has 0 spiro atoms. The monoisotopic (exact) mass is 321 g/mol. The molecule has 5 nitrogen and oxygen atoms in total. The summed E-state index contributed by atoms with van der Waals surface area (Å²) in [6.07, 6.45) is 1.71. The van der Waals surface area contributed by atoms with Gasteiger partial charge >= 0.3 is 0 Å². The summed E-state index contributed by atoms with van der Waals surface area (Å²) in [6, 6.07) is 8.97. The lowest BCUT2D eigenvalue weighted by Gasteiger charge is -2.01. The summed E-state index contributed by atoms with van der Waals surface area (Å²) in [6.45, 7) is 0.326. The van der Waals surface area contributed by atoms with Gasteiger partial charge in [0.25, 0.3) is 5.91 Å². The molecular formula is C14H12ClN3O2S. The van der Waals surface area contributed by atoms with Gasteiger partial charge in [0, 0.05) is 13.2 Å². The summed E-state index contributed by atoms with van der Waals surface area (Å²) in [5.41, 5.74) is 0.887. The van der Waals surface area contributed by atoms with E-state index in [9.17, 15) is 4.79 Å². The van der Waals surface area contributed by atoms with E-state index in [1.54, 1.807) is 23.0 Å². The van der Waals surface area contributed by atoms with Gasteiger partial charge in [-0.25, -0.2) is 0 Å². The van der Waals surface area contributed by atoms with Gasteiger partial charge in [0.05, 0.1) is 15.8 Å². The minimum Gasteiger partial charge on any atom is -0.458 e. The number of furan rings is 1. The Labute approximate surface area is 130 Å². The van der Waals surface area contributed by atoms with Crippen molar-refractivity contribution in [1.29, 1.82) is 0 Å². The number of carbonyl (C=O) groups excluding carboxylic acids is 1. The molecule has 0 unspecified atom stereocenters. The van der Waals surface area contributed by atoms with Gasteiger partial charge in [0.1, 0.15) is 11.5 Å². The van der Waals surface area contributed by atoms with Crippen LogP contribution in [0, 0.1) is 0 Å². The maximum atomic E-state index is 11.9. The smallest absolute Gasteiger partial charge is 0.261 e. The van der Waals surface area contributed by atoms with E-state index in [1.165, 1.54) is 11.3 Å². The van der Waals surface area contributed by atoms with Gasteiger partial charge < -0.3 is 9.73 Å². The van der Waals surface area contributed by atoms with Crippen LogP contribution in [0.5, 0.6) is 0 Å². The zero-order chi connectivity index (χ0) is 14.8. The standard InChI is InChI=1S/C14H12ClN3O2S/c1-18-10(6-7-17-18)11-3-2-9(20-11)8-16-14(19)12-4-5-13(15)21-12/h2-7H,8H2,1H3,(H,16,19). The number of nitrogens with zero attached hydrogens (tertiary/aromatic N) is 2. The van der Waals surface area contributed by atoms with E-state index in [0.717, 1.165) is 11.5 Å². The molecule has 1 amide bonds. The van der Waals surface area contributed by atoms with E-state index in [-0.39, 0.29) is 5.91 Å². The van der Waals surface area contributed by atoms with Gasteiger partial charge in [0.2, 0.25) is 0 Å². The van der Waals surface area contributed by atoms with Crippen molar-refractivity contribution in [3.05, 3.63) is 51.5 Å². The van der Waals surface area contributed by atoms with E-state index in [1.807, 2.05) is 25.2 Å². The third-order valence-electron chi connectivity index (χ3n) is 2.96. The second-order valence-corrected chi connectivity index (χ2v) is 6.11. The number of hydrogen-bond acceptors (Lipinski definition) is 4. The number of aryl methyl sites for hydroxylation is 1. The first-order valence-corrected chi connectivity index (χ1v) is 7.43. The van der Waals surface area contributed by atoms with Gasteiger partial charge in [0.15, 0.2) is 5.76 Å². The third kappa shape index (κ3) is 3.01. The van der Waals surface area contributed by atoms with E-state index in [2.05, 4.69) is 10.4 Å². The number of carbonyl (C=O) groups is 1. The van der Waals surface area contributed by atoms with Crippen molar-refractivity contribution in [3.8, 4) is 11.5 Å². The van der Waals surface area contributed by atoms with Crippen molar-refractivity contribution in [3.63, 3.8) is 0 Å². The largest absolute Gasteiger partial charge is 0.458 e. The number of aromatic nitrogens is 2. The zero-order valence-corrected chi connectivity index (χ0v) is 12.7. The van der Waals surface area contributed by atoms with E-state index in [4.69, 9.17) is 16.0 Å². The second kappa shape index (κ2) is 5.75. The van der Waals surface area contributed by atoms with Crippen LogP contribution in [-0.4, -0.2) is 15.7 Å². The van der Waals surface area contributed by atoms with Crippen LogP contribution < -0.4 is 5.32 Å². The van der Waals surface area contributed by atoms with Crippen LogP contribution in [0.1, 0.15) is 15.4 Å². The molecule has 108 valence electrons. The summed E-state index contributed by atoms with van der Waals surface area (Å²) >= 11 is 7.06. The maximum absolute atomic E-state index is 11.9. The highest BCUT2D eigenvalue weighted by Crippen LogP contribution is 2.22. The first-order valence-electron chi connectivity index (χ1n) is 6.24. The average Bonchev–Trinajstić information content (AvgIpc) is 3.16. The van der Waals surface area contributed by atoms with Crippen molar-refractivity contribution in [2.45, 2.75) is 6.54 Å². The Morgan fingerprint density at radius 3 is 2.90 bits per heavy atom. The summed E-state index contributed by atoms with van der Waals surface area (Å²) in [5, 5.41) is 6.89. The Bertz CT molecular complexity index is 775. The molecule has 0 aromatic carbocycles. The molecular weight excluding hydrogens is 310 g/mol. The molecule has 0 saturated heterocycles. The third-order valence-corrected chi connectivity index (χ3v) is 4.19. The van der Waals surface area contributed by atoms with Crippen molar-refractivity contribution in [2.24, 2.45) is 7.05 Å². The summed E-state index contributed by atoms with van der Waals surface area (Å²) in [7, 11) is 1.85. The predicted octanol–water partition coefficient (Wildman–Crippen LogP) is 3.33. The molecule has 0 radical (unpaired) electrons. The highest BCUT2D eigenvalue weighted by atomic mass is 35.5. The lowest BCUT2D eigenvalue weighted by atomic mass is 10.3. The van der Waals surface area contributed by atoms with Gasteiger partial charge in [-0.2, -0.15) is 5.10 Å². The average molecular weight is 322 g/mol. The normalized spacial score (nSPS) is 10.8. The van der Waals surface area contributed by atoms with Gasteiger partial charge in [-0.05, 0) is 30.3 Å². The molecule has 1 N–H and O–H groups in total. The molecule has 21 heavy (non-hydrogen) atoms. The number of nitrogens with one attached hydrogen (secondary N) is 1. The molecule has 0 atom stereocenters. The van der Waals surface area contributed by atoms with Crippen molar-refractivity contribution in [1.82, 2.24) is 15.1 Å². The first-order chi connectivity index (χ1) is 10.1. The highest BCUT2D eigenvalue weighted by Gasteiger charge is 2.11.